The second-order valence-corrected chi connectivity index (χ2v) is 7.42. The van der Waals surface area contributed by atoms with Gasteiger partial charge in [-0.3, -0.25) is 9.78 Å². The molecule has 0 saturated heterocycles. The fraction of sp³-hybridized carbons (Fsp3) is 0.292. The van der Waals surface area contributed by atoms with Crippen molar-refractivity contribution in [3.8, 4) is 17.2 Å². The largest absolute Gasteiger partial charge is 0.490 e. The number of ether oxygens (including phenoxy) is 3. The van der Waals surface area contributed by atoms with Gasteiger partial charge >= 0.3 is 0 Å². The number of para-hydroxylation sites is 1. The van der Waals surface area contributed by atoms with E-state index in [4.69, 9.17) is 25.8 Å². The third-order valence-corrected chi connectivity index (χ3v) is 4.86. The molecule has 7 nitrogen and oxygen atoms in total. The second kappa shape index (κ2) is 11.3. The number of nitrogens with zero attached hydrogens (tertiary/aromatic N) is 2. The summed E-state index contributed by atoms with van der Waals surface area (Å²) in [5, 5.41) is 5.34. The average molecular weight is 456 g/mol. The fourth-order valence-electron chi connectivity index (χ4n) is 2.87. The van der Waals surface area contributed by atoms with E-state index in [2.05, 4.69) is 15.5 Å². The van der Waals surface area contributed by atoms with Crippen LogP contribution in [0.1, 0.15) is 32.8 Å². The van der Waals surface area contributed by atoms with Crippen LogP contribution in [0.15, 0.2) is 53.8 Å². The van der Waals surface area contributed by atoms with Crippen LogP contribution in [0.2, 0.25) is 5.02 Å². The summed E-state index contributed by atoms with van der Waals surface area (Å²) in [5.74, 6) is 1.16. The Morgan fingerprint density at radius 2 is 2.00 bits per heavy atom. The number of carbonyl (C=O) groups is 1. The van der Waals surface area contributed by atoms with Crippen LogP contribution in [-0.4, -0.2) is 36.4 Å². The van der Waals surface area contributed by atoms with E-state index in [9.17, 15) is 4.79 Å². The van der Waals surface area contributed by atoms with Gasteiger partial charge < -0.3 is 14.2 Å². The predicted octanol–water partition coefficient (Wildman–Crippen LogP) is 4.99. The van der Waals surface area contributed by atoms with E-state index in [0.29, 0.717) is 40.0 Å². The lowest BCUT2D eigenvalue weighted by Crippen LogP contribution is -2.24. The number of halogens is 1. The Hall–Kier alpha value is -3.32. The van der Waals surface area contributed by atoms with Gasteiger partial charge in [0.1, 0.15) is 11.3 Å². The Labute approximate surface area is 192 Å². The van der Waals surface area contributed by atoms with Gasteiger partial charge in [-0.25, -0.2) is 5.43 Å². The number of hydrogen-bond acceptors (Lipinski definition) is 6. The van der Waals surface area contributed by atoms with E-state index < -0.39 is 5.91 Å². The van der Waals surface area contributed by atoms with Crippen LogP contribution in [0, 0.1) is 0 Å². The van der Waals surface area contributed by atoms with Crippen molar-refractivity contribution < 1.29 is 19.0 Å². The first-order chi connectivity index (χ1) is 15.5. The zero-order valence-electron chi connectivity index (χ0n) is 18.3. The lowest BCUT2D eigenvalue weighted by atomic mass is 10.2. The summed E-state index contributed by atoms with van der Waals surface area (Å²) in [5.41, 5.74) is 3.81. The highest BCUT2D eigenvalue weighted by Gasteiger charge is 2.14. The van der Waals surface area contributed by atoms with E-state index in [1.54, 1.807) is 24.4 Å². The zero-order chi connectivity index (χ0) is 22.9. The third kappa shape index (κ3) is 6.11. The molecule has 0 aliphatic rings. The van der Waals surface area contributed by atoms with Gasteiger partial charge in [-0.2, -0.15) is 5.10 Å². The standard InChI is InChI=1S/C24H26ClN3O4/c1-4-16(3)32-24-19(25)12-17(13-21(24)30-5-2)14-27-28-22(29)15-31-20-10-6-8-18-9-7-11-26-23(18)20/h6-14,16H,4-5,15H2,1-3H3,(H,28,29)/b27-14+/t16-/m1/s1. The lowest BCUT2D eigenvalue weighted by Gasteiger charge is -2.18. The molecule has 32 heavy (non-hydrogen) atoms. The number of hydrazone groups is 1. The van der Waals surface area contributed by atoms with Crippen molar-refractivity contribution >= 4 is 34.6 Å². The van der Waals surface area contributed by atoms with Gasteiger partial charge in [-0.15, -0.1) is 0 Å². The normalized spacial score (nSPS) is 12.0. The molecule has 2 aromatic carbocycles. The van der Waals surface area contributed by atoms with Gasteiger partial charge in [0.05, 0.1) is 23.9 Å². The Bertz CT molecular complexity index is 1100. The molecule has 0 aliphatic heterocycles. The summed E-state index contributed by atoms with van der Waals surface area (Å²) in [6.07, 6.45) is 4.01. The molecular formula is C24H26ClN3O4. The number of aromatic nitrogens is 1. The maximum absolute atomic E-state index is 12.1. The molecule has 1 atom stereocenters. The molecule has 0 fully saturated rings. The number of fused-ring (bicyclic) bond motifs is 1. The maximum atomic E-state index is 12.1. The Kier molecular flexibility index (Phi) is 8.27. The summed E-state index contributed by atoms with van der Waals surface area (Å²) in [4.78, 5) is 16.4. The Balaban J connectivity index is 1.62. The van der Waals surface area contributed by atoms with Crippen molar-refractivity contribution in [2.75, 3.05) is 13.2 Å². The first-order valence-electron chi connectivity index (χ1n) is 10.4. The second-order valence-electron chi connectivity index (χ2n) is 7.01. The summed E-state index contributed by atoms with van der Waals surface area (Å²) >= 11 is 6.40. The van der Waals surface area contributed by atoms with Crippen LogP contribution in [0.25, 0.3) is 10.9 Å². The number of hydrogen-bond donors (Lipinski definition) is 1. The van der Waals surface area contributed by atoms with Gasteiger partial charge in [0.2, 0.25) is 0 Å². The van der Waals surface area contributed by atoms with Crippen molar-refractivity contribution in [2.24, 2.45) is 5.10 Å². The van der Waals surface area contributed by atoms with Crippen LogP contribution >= 0.6 is 11.6 Å². The first-order valence-corrected chi connectivity index (χ1v) is 10.8. The zero-order valence-corrected chi connectivity index (χ0v) is 19.1. The van der Waals surface area contributed by atoms with Crippen LogP contribution < -0.4 is 19.6 Å². The van der Waals surface area contributed by atoms with Crippen molar-refractivity contribution in [1.29, 1.82) is 0 Å². The monoisotopic (exact) mass is 455 g/mol. The number of nitrogens with one attached hydrogen (secondary N) is 1. The first kappa shape index (κ1) is 23.3. The molecule has 8 heteroatoms. The molecule has 1 heterocycles. The number of pyridine rings is 1. The lowest BCUT2D eigenvalue weighted by molar-refractivity contribution is -0.123. The van der Waals surface area contributed by atoms with E-state index >= 15 is 0 Å². The molecule has 1 amide bonds. The molecular weight excluding hydrogens is 430 g/mol. The highest BCUT2D eigenvalue weighted by Crippen LogP contribution is 2.37. The average Bonchev–Trinajstić information content (AvgIpc) is 2.80. The van der Waals surface area contributed by atoms with Crippen LogP contribution in [0.5, 0.6) is 17.2 Å². The Morgan fingerprint density at radius 3 is 2.78 bits per heavy atom. The van der Waals surface area contributed by atoms with E-state index in [1.807, 2.05) is 45.0 Å². The molecule has 1 N–H and O–H groups in total. The molecule has 0 aliphatic carbocycles. The molecule has 0 bridgehead atoms. The van der Waals surface area contributed by atoms with E-state index in [-0.39, 0.29) is 12.7 Å². The number of rotatable bonds is 10. The highest BCUT2D eigenvalue weighted by atomic mass is 35.5. The molecule has 168 valence electrons. The minimum absolute atomic E-state index is 0.00227. The number of benzene rings is 2. The smallest absolute Gasteiger partial charge is 0.277 e. The molecule has 0 spiro atoms. The number of carbonyl (C=O) groups excluding carboxylic acids is 1. The van der Waals surface area contributed by atoms with Gasteiger partial charge in [-0.05, 0) is 50.1 Å². The summed E-state index contributed by atoms with van der Waals surface area (Å²) in [6, 6.07) is 12.8. The minimum Gasteiger partial charge on any atom is -0.490 e. The van der Waals surface area contributed by atoms with Crippen molar-refractivity contribution in [3.05, 3.63) is 59.2 Å². The van der Waals surface area contributed by atoms with Crippen LogP contribution in [-0.2, 0) is 4.79 Å². The van der Waals surface area contributed by atoms with Gasteiger partial charge in [0.15, 0.2) is 18.1 Å². The molecule has 3 aromatic rings. The highest BCUT2D eigenvalue weighted by molar-refractivity contribution is 6.32. The SMILES string of the molecule is CCOc1cc(/C=N/NC(=O)COc2cccc3cccnc23)cc(Cl)c1O[C@H](C)CC. The third-order valence-electron chi connectivity index (χ3n) is 4.58. The van der Waals surface area contributed by atoms with E-state index in [1.165, 1.54) is 6.21 Å². The van der Waals surface area contributed by atoms with Crippen LogP contribution in [0.3, 0.4) is 0 Å². The molecule has 0 saturated carbocycles. The van der Waals surface area contributed by atoms with Crippen LogP contribution in [0.4, 0.5) is 0 Å². The van der Waals surface area contributed by atoms with Crippen molar-refractivity contribution in [3.63, 3.8) is 0 Å². The molecule has 0 unspecified atom stereocenters. The van der Waals surface area contributed by atoms with Crippen molar-refractivity contribution in [1.82, 2.24) is 10.4 Å². The van der Waals surface area contributed by atoms with Gasteiger partial charge in [0, 0.05) is 11.6 Å². The summed E-state index contributed by atoms with van der Waals surface area (Å²) < 4.78 is 17.2. The number of amides is 1. The van der Waals surface area contributed by atoms with Crippen molar-refractivity contribution in [2.45, 2.75) is 33.3 Å². The van der Waals surface area contributed by atoms with Gasteiger partial charge in [-0.1, -0.05) is 36.7 Å². The minimum atomic E-state index is -0.401. The molecule has 3 rings (SSSR count). The predicted molar refractivity (Wildman–Crippen MR) is 126 cm³/mol. The quantitative estimate of drug-likeness (QED) is 0.344. The molecule has 0 radical (unpaired) electrons. The molecule has 1 aromatic heterocycles. The van der Waals surface area contributed by atoms with Gasteiger partial charge in [0.25, 0.3) is 5.91 Å². The fourth-order valence-corrected chi connectivity index (χ4v) is 3.14. The summed E-state index contributed by atoms with van der Waals surface area (Å²) in [6.45, 7) is 6.15. The maximum Gasteiger partial charge on any atom is 0.277 e. The summed E-state index contributed by atoms with van der Waals surface area (Å²) in [7, 11) is 0. The van der Waals surface area contributed by atoms with E-state index in [0.717, 1.165) is 11.8 Å². The topological polar surface area (TPSA) is 82.0 Å². The Morgan fingerprint density at radius 1 is 1.19 bits per heavy atom.